The van der Waals surface area contributed by atoms with Gasteiger partial charge in [-0.15, -0.1) is 0 Å². The number of rotatable bonds is 5. The summed E-state index contributed by atoms with van der Waals surface area (Å²) in [5.74, 6) is 1.07. The topological polar surface area (TPSA) is 44.5 Å². The van der Waals surface area contributed by atoms with Crippen LogP contribution in [-0.2, 0) is 19.3 Å². The molecule has 0 aliphatic heterocycles. The molecule has 2 aromatic heterocycles. The predicted octanol–water partition coefficient (Wildman–Crippen LogP) is 4.14. The smallest absolute Gasteiger partial charge is 0.106 e. The largest absolute Gasteiger partial charge is 0.365 e. The van der Waals surface area contributed by atoms with Gasteiger partial charge in [0, 0.05) is 30.7 Å². The van der Waals surface area contributed by atoms with Crippen molar-refractivity contribution in [1.29, 1.82) is 0 Å². The van der Waals surface area contributed by atoms with Gasteiger partial charge in [-0.2, -0.15) is 0 Å². The fourth-order valence-electron chi connectivity index (χ4n) is 2.73. The van der Waals surface area contributed by atoms with Crippen molar-refractivity contribution in [2.75, 3.05) is 0 Å². The van der Waals surface area contributed by atoms with Gasteiger partial charge in [-0.3, -0.25) is 0 Å². The first kappa shape index (κ1) is 14.9. The predicted molar refractivity (Wildman–Crippen MR) is 83.7 cm³/mol. The summed E-state index contributed by atoms with van der Waals surface area (Å²) in [6.45, 7) is 11.4. The molecule has 0 saturated heterocycles. The average Bonchev–Trinajstić information content (AvgIpc) is 2.87. The molecular formula is C17H27N3. The average molecular weight is 273 g/mol. The van der Waals surface area contributed by atoms with E-state index in [1.807, 2.05) is 12.4 Å². The third-order valence-corrected chi connectivity index (χ3v) is 3.41. The van der Waals surface area contributed by atoms with Gasteiger partial charge in [0.25, 0.3) is 0 Å². The molecular weight excluding hydrogens is 246 g/mol. The van der Waals surface area contributed by atoms with E-state index >= 15 is 0 Å². The second kappa shape index (κ2) is 5.47. The highest BCUT2D eigenvalue weighted by atomic mass is 14.9. The number of hydrogen-bond donors (Lipinski definition) is 2. The second-order valence-corrected chi connectivity index (χ2v) is 7.82. The normalized spacial score (nSPS) is 12.8. The SMILES string of the molecule is CC(C)(C)Cc1cc(CC(C)(C)Cc2ncc[nH]2)c[nH]1. The molecule has 0 saturated carbocycles. The summed E-state index contributed by atoms with van der Waals surface area (Å²) in [5, 5.41) is 0. The van der Waals surface area contributed by atoms with Crippen molar-refractivity contribution in [3.8, 4) is 0 Å². The Balaban J connectivity index is 1.98. The molecule has 2 rings (SSSR count). The zero-order chi connectivity index (χ0) is 14.8. The minimum Gasteiger partial charge on any atom is -0.365 e. The quantitative estimate of drug-likeness (QED) is 0.845. The summed E-state index contributed by atoms with van der Waals surface area (Å²) in [5.41, 5.74) is 3.26. The zero-order valence-corrected chi connectivity index (χ0v) is 13.4. The summed E-state index contributed by atoms with van der Waals surface area (Å²) in [7, 11) is 0. The Morgan fingerprint density at radius 2 is 1.75 bits per heavy atom. The van der Waals surface area contributed by atoms with Gasteiger partial charge in [-0.1, -0.05) is 34.6 Å². The van der Waals surface area contributed by atoms with Gasteiger partial charge in [0.05, 0.1) is 0 Å². The van der Waals surface area contributed by atoms with E-state index < -0.39 is 0 Å². The van der Waals surface area contributed by atoms with Gasteiger partial charge in [-0.25, -0.2) is 4.98 Å². The molecule has 0 bridgehead atoms. The Bertz CT molecular complexity index is 527. The van der Waals surface area contributed by atoms with Crippen LogP contribution in [0.3, 0.4) is 0 Å². The first-order valence-electron chi connectivity index (χ1n) is 7.38. The van der Waals surface area contributed by atoms with E-state index in [0.29, 0.717) is 5.41 Å². The van der Waals surface area contributed by atoms with Crippen molar-refractivity contribution < 1.29 is 0 Å². The molecule has 0 aromatic carbocycles. The first-order valence-corrected chi connectivity index (χ1v) is 7.38. The molecule has 110 valence electrons. The van der Waals surface area contributed by atoms with Crippen LogP contribution < -0.4 is 0 Å². The van der Waals surface area contributed by atoms with Crippen molar-refractivity contribution in [2.24, 2.45) is 10.8 Å². The number of H-pyrrole nitrogens is 2. The Kier molecular flexibility index (Phi) is 4.07. The van der Waals surface area contributed by atoms with Crippen molar-refractivity contribution in [1.82, 2.24) is 15.0 Å². The van der Waals surface area contributed by atoms with Crippen LogP contribution in [0.4, 0.5) is 0 Å². The summed E-state index contributed by atoms with van der Waals surface area (Å²) in [6, 6.07) is 2.31. The Labute approximate surface area is 122 Å². The van der Waals surface area contributed by atoms with E-state index in [1.54, 1.807) is 0 Å². The van der Waals surface area contributed by atoms with Gasteiger partial charge in [0.2, 0.25) is 0 Å². The summed E-state index contributed by atoms with van der Waals surface area (Å²) in [6.07, 6.45) is 9.00. The standard InChI is InChI=1S/C17H27N3/c1-16(2,3)10-14-8-13(12-20-14)9-17(4,5)11-15-18-6-7-19-15/h6-8,12,20H,9-11H2,1-5H3,(H,18,19). The molecule has 20 heavy (non-hydrogen) atoms. The van der Waals surface area contributed by atoms with E-state index in [1.165, 1.54) is 11.3 Å². The second-order valence-electron chi connectivity index (χ2n) is 7.82. The molecule has 0 spiro atoms. The number of imidazole rings is 1. The van der Waals surface area contributed by atoms with Crippen LogP contribution in [0.2, 0.25) is 0 Å². The minimum absolute atomic E-state index is 0.207. The highest BCUT2D eigenvalue weighted by Crippen LogP contribution is 2.27. The highest BCUT2D eigenvalue weighted by Gasteiger charge is 2.21. The molecule has 0 aliphatic rings. The maximum atomic E-state index is 4.33. The van der Waals surface area contributed by atoms with Crippen LogP contribution in [0.1, 0.15) is 51.7 Å². The van der Waals surface area contributed by atoms with Crippen molar-refractivity contribution in [3.05, 3.63) is 41.7 Å². The fourth-order valence-corrected chi connectivity index (χ4v) is 2.73. The van der Waals surface area contributed by atoms with Crippen LogP contribution in [0.5, 0.6) is 0 Å². The Morgan fingerprint density at radius 1 is 1.00 bits per heavy atom. The third-order valence-electron chi connectivity index (χ3n) is 3.41. The number of nitrogens with zero attached hydrogens (tertiary/aromatic N) is 1. The third kappa shape index (κ3) is 4.55. The van der Waals surface area contributed by atoms with Crippen LogP contribution in [0.15, 0.2) is 24.7 Å². The monoisotopic (exact) mass is 273 g/mol. The van der Waals surface area contributed by atoms with E-state index in [-0.39, 0.29) is 5.41 Å². The molecule has 0 fully saturated rings. The van der Waals surface area contributed by atoms with Crippen LogP contribution >= 0.6 is 0 Å². The highest BCUT2D eigenvalue weighted by molar-refractivity contribution is 5.19. The molecule has 0 unspecified atom stereocenters. The number of hydrogen-bond acceptors (Lipinski definition) is 1. The lowest BCUT2D eigenvalue weighted by Crippen LogP contribution is -2.18. The van der Waals surface area contributed by atoms with Crippen molar-refractivity contribution >= 4 is 0 Å². The number of aromatic nitrogens is 3. The maximum absolute atomic E-state index is 4.33. The van der Waals surface area contributed by atoms with Crippen LogP contribution in [0.25, 0.3) is 0 Å². The minimum atomic E-state index is 0.207. The summed E-state index contributed by atoms with van der Waals surface area (Å²) < 4.78 is 0. The van der Waals surface area contributed by atoms with Gasteiger partial charge in [0.1, 0.15) is 5.82 Å². The van der Waals surface area contributed by atoms with Crippen LogP contribution in [0, 0.1) is 10.8 Å². The van der Waals surface area contributed by atoms with E-state index in [0.717, 1.165) is 25.1 Å². The lowest BCUT2D eigenvalue weighted by Gasteiger charge is -2.22. The molecule has 0 amide bonds. The van der Waals surface area contributed by atoms with Crippen molar-refractivity contribution in [2.45, 2.75) is 53.9 Å². The Hall–Kier alpha value is -1.51. The van der Waals surface area contributed by atoms with Crippen molar-refractivity contribution in [3.63, 3.8) is 0 Å². The van der Waals surface area contributed by atoms with E-state index in [4.69, 9.17) is 0 Å². The fraction of sp³-hybridized carbons (Fsp3) is 0.588. The van der Waals surface area contributed by atoms with Crippen LogP contribution in [-0.4, -0.2) is 15.0 Å². The van der Waals surface area contributed by atoms with E-state index in [9.17, 15) is 0 Å². The maximum Gasteiger partial charge on any atom is 0.106 e. The zero-order valence-electron chi connectivity index (χ0n) is 13.4. The molecule has 3 heteroatoms. The number of nitrogens with one attached hydrogen (secondary N) is 2. The van der Waals surface area contributed by atoms with Gasteiger partial charge in [0.15, 0.2) is 0 Å². The molecule has 0 radical (unpaired) electrons. The van der Waals surface area contributed by atoms with Gasteiger partial charge < -0.3 is 9.97 Å². The first-order chi connectivity index (χ1) is 9.23. The molecule has 2 aromatic rings. The molecule has 0 atom stereocenters. The molecule has 2 heterocycles. The lowest BCUT2D eigenvalue weighted by molar-refractivity contribution is 0.353. The lowest BCUT2D eigenvalue weighted by atomic mass is 9.83. The van der Waals surface area contributed by atoms with Gasteiger partial charge >= 0.3 is 0 Å². The Morgan fingerprint density at radius 3 is 2.35 bits per heavy atom. The summed E-state index contributed by atoms with van der Waals surface area (Å²) >= 11 is 0. The van der Waals surface area contributed by atoms with Gasteiger partial charge in [-0.05, 0) is 35.3 Å². The van der Waals surface area contributed by atoms with E-state index in [2.05, 4.69) is 61.8 Å². The number of aromatic amines is 2. The summed E-state index contributed by atoms with van der Waals surface area (Å²) in [4.78, 5) is 11.0. The molecule has 0 aliphatic carbocycles. The molecule has 2 N–H and O–H groups in total. The molecule has 3 nitrogen and oxygen atoms in total.